The number of aryl methyl sites for hydroxylation is 2. The van der Waals surface area contributed by atoms with E-state index >= 15 is 0 Å². The van der Waals surface area contributed by atoms with Gasteiger partial charge in [0.25, 0.3) is 11.8 Å². The molecule has 0 aliphatic carbocycles. The zero-order valence-corrected chi connectivity index (χ0v) is 14.1. The Hall–Kier alpha value is -2.05. The fourth-order valence-corrected chi connectivity index (χ4v) is 3.90. The largest absolute Gasteiger partial charge is 0.345 e. The van der Waals surface area contributed by atoms with Crippen LogP contribution in [0.2, 0.25) is 0 Å². The summed E-state index contributed by atoms with van der Waals surface area (Å²) < 4.78 is 28.6. The second-order valence-corrected chi connectivity index (χ2v) is 7.09. The van der Waals surface area contributed by atoms with Crippen molar-refractivity contribution in [1.82, 2.24) is 14.8 Å². The minimum absolute atomic E-state index is 0.0466. The van der Waals surface area contributed by atoms with E-state index < -0.39 is 30.2 Å². The van der Waals surface area contributed by atoms with E-state index in [4.69, 9.17) is 0 Å². The summed E-state index contributed by atoms with van der Waals surface area (Å²) in [4.78, 5) is 32.0. The lowest BCUT2D eigenvalue weighted by atomic mass is 9.76. The summed E-state index contributed by atoms with van der Waals surface area (Å²) in [5.74, 6) is -3.82. The Morgan fingerprint density at radius 2 is 1.83 bits per heavy atom. The molecule has 3 rings (SSSR count). The highest BCUT2D eigenvalue weighted by atomic mass is 19.3. The Balaban J connectivity index is 1.92. The molecule has 0 unspecified atom stereocenters. The highest BCUT2D eigenvalue weighted by molar-refractivity contribution is 5.95. The molecule has 2 aliphatic rings. The molecule has 2 fully saturated rings. The fraction of sp³-hybridized carbons (Fsp3) is 0.588. The zero-order chi connectivity index (χ0) is 17.7. The Kier molecular flexibility index (Phi) is 3.85. The van der Waals surface area contributed by atoms with Gasteiger partial charge in [-0.3, -0.25) is 14.6 Å². The number of halogens is 2. The standard InChI is InChI=1S/C17H21F2N3O2/c1-11-6-13(7-12(2)20-11)14(23)22-9-16(8-17(18,19)10-22)4-5-21(3)15(16)24/h6-7H,4-5,8-10H2,1-3H3/t16-/m1/s1. The van der Waals surface area contributed by atoms with Crippen molar-refractivity contribution in [1.29, 1.82) is 0 Å². The molecule has 5 nitrogen and oxygen atoms in total. The topological polar surface area (TPSA) is 53.5 Å². The average molecular weight is 337 g/mol. The number of pyridine rings is 1. The molecule has 1 aromatic rings. The smallest absolute Gasteiger partial charge is 0.266 e. The number of hydrogen-bond acceptors (Lipinski definition) is 3. The highest BCUT2D eigenvalue weighted by Gasteiger charge is 2.57. The van der Waals surface area contributed by atoms with Gasteiger partial charge in [-0.05, 0) is 32.4 Å². The molecule has 3 heterocycles. The monoisotopic (exact) mass is 337 g/mol. The van der Waals surface area contributed by atoms with Crippen molar-refractivity contribution >= 4 is 11.8 Å². The maximum atomic E-state index is 14.3. The van der Waals surface area contributed by atoms with Gasteiger partial charge in [0.2, 0.25) is 5.91 Å². The van der Waals surface area contributed by atoms with E-state index in [1.807, 2.05) is 0 Å². The lowest BCUT2D eigenvalue weighted by Crippen LogP contribution is -2.57. The van der Waals surface area contributed by atoms with Crippen LogP contribution >= 0.6 is 0 Å². The fourth-order valence-electron chi connectivity index (χ4n) is 3.90. The predicted molar refractivity (Wildman–Crippen MR) is 83.9 cm³/mol. The third kappa shape index (κ3) is 2.87. The summed E-state index contributed by atoms with van der Waals surface area (Å²) in [5.41, 5.74) is 0.497. The van der Waals surface area contributed by atoms with Crippen molar-refractivity contribution in [2.45, 2.75) is 32.6 Å². The molecular formula is C17H21F2N3O2. The van der Waals surface area contributed by atoms with Gasteiger partial charge in [0.1, 0.15) is 0 Å². The molecule has 2 amide bonds. The molecule has 0 saturated carbocycles. The van der Waals surface area contributed by atoms with Crippen LogP contribution in [-0.2, 0) is 4.79 Å². The number of nitrogens with zero attached hydrogens (tertiary/aromatic N) is 3. The Labute approximate surface area is 139 Å². The third-order valence-corrected chi connectivity index (χ3v) is 4.85. The van der Waals surface area contributed by atoms with Crippen LogP contribution in [0.4, 0.5) is 8.78 Å². The molecule has 2 aliphatic heterocycles. The summed E-state index contributed by atoms with van der Waals surface area (Å²) in [5, 5.41) is 0. The van der Waals surface area contributed by atoms with Crippen molar-refractivity contribution in [3.63, 3.8) is 0 Å². The molecule has 2 saturated heterocycles. The zero-order valence-electron chi connectivity index (χ0n) is 14.1. The third-order valence-electron chi connectivity index (χ3n) is 4.85. The Morgan fingerprint density at radius 1 is 1.21 bits per heavy atom. The summed E-state index contributed by atoms with van der Waals surface area (Å²) in [7, 11) is 1.62. The first-order chi connectivity index (χ1) is 11.1. The minimum atomic E-state index is -3.06. The van der Waals surface area contributed by atoms with E-state index in [0.29, 0.717) is 29.9 Å². The molecular weight excluding hydrogens is 316 g/mol. The number of amides is 2. The Bertz CT molecular complexity index is 687. The second kappa shape index (κ2) is 5.50. The van der Waals surface area contributed by atoms with Gasteiger partial charge in [0.05, 0.1) is 12.0 Å². The summed E-state index contributed by atoms with van der Waals surface area (Å²) in [6, 6.07) is 3.19. The van der Waals surface area contributed by atoms with Crippen molar-refractivity contribution in [3.05, 3.63) is 29.1 Å². The van der Waals surface area contributed by atoms with Crippen molar-refractivity contribution in [2.24, 2.45) is 5.41 Å². The SMILES string of the molecule is Cc1cc(C(=O)N2CC(F)(F)C[C@]3(CCN(C)C3=O)C2)cc(C)n1. The normalized spacial score (nSPS) is 26.3. The molecule has 0 bridgehead atoms. The molecule has 1 aromatic heterocycles. The molecule has 0 N–H and O–H groups in total. The number of aromatic nitrogens is 1. The maximum absolute atomic E-state index is 14.3. The van der Waals surface area contributed by atoms with Crippen LogP contribution in [0.15, 0.2) is 12.1 Å². The maximum Gasteiger partial charge on any atom is 0.266 e. The predicted octanol–water partition coefficient (Wildman–Crippen LogP) is 2.03. The summed E-state index contributed by atoms with van der Waals surface area (Å²) in [6.45, 7) is 3.36. The molecule has 130 valence electrons. The quantitative estimate of drug-likeness (QED) is 0.788. The van der Waals surface area contributed by atoms with Crippen LogP contribution in [0.1, 0.15) is 34.6 Å². The van der Waals surface area contributed by atoms with Crippen molar-refractivity contribution in [2.75, 3.05) is 26.7 Å². The van der Waals surface area contributed by atoms with Crippen molar-refractivity contribution in [3.8, 4) is 0 Å². The van der Waals surface area contributed by atoms with Crippen LogP contribution in [0, 0.1) is 19.3 Å². The van der Waals surface area contributed by atoms with Gasteiger partial charge in [0, 0.05) is 43.5 Å². The summed E-state index contributed by atoms with van der Waals surface area (Å²) >= 11 is 0. The highest BCUT2D eigenvalue weighted by Crippen LogP contribution is 2.45. The van der Waals surface area contributed by atoms with E-state index in [0.717, 1.165) is 4.90 Å². The van der Waals surface area contributed by atoms with Crippen LogP contribution in [-0.4, -0.2) is 59.2 Å². The molecule has 24 heavy (non-hydrogen) atoms. The Morgan fingerprint density at radius 3 is 2.38 bits per heavy atom. The van der Waals surface area contributed by atoms with E-state index in [2.05, 4.69) is 4.98 Å². The van der Waals surface area contributed by atoms with Gasteiger partial charge in [-0.1, -0.05) is 0 Å². The van der Waals surface area contributed by atoms with Crippen molar-refractivity contribution < 1.29 is 18.4 Å². The lowest BCUT2D eigenvalue weighted by molar-refractivity contribution is -0.150. The molecule has 0 radical (unpaired) electrons. The van der Waals surface area contributed by atoms with Crippen LogP contribution in [0.3, 0.4) is 0 Å². The number of carbonyl (C=O) groups excluding carboxylic acids is 2. The van der Waals surface area contributed by atoms with E-state index in [1.54, 1.807) is 33.0 Å². The van der Waals surface area contributed by atoms with Gasteiger partial charge in [0.15, 0.2) is 0 Å². The average Bonchev–Trinajstić information content (AvgIpc) is 2.72. The number of rotatable bonds is 1. The first-order valence-corrected chi connectivity index (χ1v) is 8.00. The molecule has 7 heteroatoms. The molecule has 1 spiro atoms. The first kappa shape index (κ1) is 16.8. The van der Waals surface area contributed by atoms with Crippen LogP contribution in [0.5, 0.6) is 0 Å². The second-order valence-electron chi connectivity index (χ2n) is 7.09. The van der Waals surface area contributed by atoms with E-state index in [1.165, 1.54) is 4.90 Å². The van der Waals surface area contributed by atoms with Crippen LogP contribution in [0.25, 0.3) is 0 Å². The van der Waals surface area contributed by atoms with E-state index in [9.17, 15) is 18.4 Å². The number of hydrogen-bond donors (Lipinski definition) is 0. The van der Waals surface area contributed by atoms with Gasteiger partial charge in [-0.15, -0.1) is 0 Å². The number of likely N-dealkylation sites (tertiary alicyclic amines) is 2. The van der Waals surface area contributed by atoms with Crippen LogP contribution < -0.4 is 0 Å². The molecule has 1 atom stereocenters. The molecule has 0 aromatic carbocycles. The van der Waals surface area contributed by atoms with Gasteiger partial charge in [-0.2, -0.15) is 0 Å². The van der Waals surface area contributed by atoms with E-state index in [-0.39, 0.29) is 12.5 Å². The summed E-state index contributed by atoms with van der Waals surface area (Å²) in [6.07, 6.45) is -0.128. The lowest BCUT2D eigenvalue weighted by Gasteiger charge is -2.42. The van der Waals surface area contributed by atoms with Gasteiger partial charge < -0.3 is 9.80 Å². The van der Waals surface area contributed by atoms with Gasteiger partial charge >= 0.3 is 0 Å². The number of piperidine rings is 1. The van der Waals surface area contributed by atoms with Gasteiger partial charge in [-0.25, -0.2) is 8.78 Å². The first-order valence-electron chi connectivity index (χ1n) is 8.00. The minimum Gasteiger partial charge on any atom is -0.345 e. The number of carbonyl (C=O) groups is 2. The number of alkyl halides is 2.